The van der Waals surface area contributed by atoms with Gasteiger partial charge in [-0.25, -0.2) is 0 Å². The summed E-state index contributed by atoms with van der Waals surface area (Å²) in [5.74, 6) is 0. The average molecular weight is 730 g/mol. The molecule has 0 fully saturated rings. The van der Waals surface area contributed by atoms with E-state index in [2.05, 4.69) is 213 Å². The van der Waals surface area contributed by atoms with Gasteiger partial charge in [0.25, 0.3) is 0 Å². The van der Waals surface area contributed by atoms with Gasteiger partial charge in [-0.3, -0.25) is 0 Å². The van der Waals surface area contributed by atoms with Crippen molar-refractivity contribution in [3.05, 3.63) is 211 Å². The third kappa shape index (κ3) is 5.40. The largest absolute Gasteiger partial charge is 0.456 e. The zero-order valence-corrected chi connectivity index (χ0v) is 31.9. The van der Waals surface area contributed by atoms with Gasteiger partial charge in [0.05, 0.1) is 16.8 Å². The summed E-state index contributed by atoms with van der Waals surface area (Å²) >= 11 is 0. The molecule has 0 saturated carbocycles. The van der Waals surface area contributed by atoms with Crippen molar-refractivity contribution in [2.75, 3.05) is 4.90 Å². The van der Waals surface area contributed by atoms with Crippen molar-refractivity contribution < 1.29 is 4.42 Å². The number of para-hydroxylation sites is 1. The summed E-state index contributed by atoms with van der Waals surface area (Å²) < 4.78 is 6.43. The third-order valence-electron chi connectivity index (χ3n) is 12.1. The standard InChI is InChI=1S/C55H39NO/c1-55(2)47-15-7-5-13-45(47)53-48(55)16-9-17-49(53)56(50-18-10-20-52-54(50)46-14-6-8-19-51(46)57-52)44-33-31-40(32-34-44)39-23-21-37(22-24-39)38-25-27-41(28-26-38)43-30-29-36-11-3-4-12-42(36)35-43/h3-35H,1-2H3. The quantitative estimate of drug-likeness (QED) is 0.169. The summed E-state index contributed by atoms with van der Waals surface area (Å²) in [5, 5.41) is 4.75. The molecule has 1 aromatic heterocycles. The normalized spacial score (nSPS) is 12.9. The molecule has 0 amide bonds. The highest BCUT2D eigenvalue weighted by Crippen LogP contribution is 2.55. The molecule has 1 aliphatic carbocycles. The van der Waals surface area contributed by atoms with Gasteiger partial charge in [0.15, 0.2) is 0 Å². The summed E-state index contributed by atoms with van der Waals surface area (Å²) in [4.78, 5) is 2.44. The molecule has 2 heteroatoms. The highest BCUT2D eigenvalue weighted by molar-refractivity contribution is 6.14. The molecule has 0 saturated heterocycles. The molecule has 10 aromatic rings. The van der Waals surface area contributed by atoms with E-state index in [-0.39, 0.29) is 5.41 Å². The first-order chi connectivity index (χ1) is 28.0. The van der Waals surface area contributed by atoms with E-state index < -0.39 is 0 Å². The van der Waals surface area contributed by atoms with Crippen LogP contribution in [0.15, 0.2) is 205 Å². The average Bonchev–Trinajstić information content (AvgIpc) is 3.77. The number of nitrogens with zero attached hydrogens (tertiary/aromatic N) is 1. The minimum Gasteiger partial charge on any atom is -0.456 e. The number of benzene rings is 9. The number of hydrogen-bond donors (Lipinski definition) is 0. The first-order valence-electron chi connectivity index (χ1n) is 19.8. The molecule has 1 heterocycles. The van der Waals surface area contributed by atoms with Crippen molar-refractivity contribution in [3.63, 3.8) is 0 Å². The predicted molar refractivity (Wildman–Crippen MR) is 240 cm³/mol. The molecule has 0 radical (unpaired) electrons. The lowest BCUT2D eigenvalue weighted by atomic mass is 9.82. The fraction of sp³-hybridized carbons (Fsp3) is 0.0545. The second kappa shape index (κ2) is 13.0. The van der Waals surface area contributed by atoms with Gasteiger partial charge >= 0.3 is 0 Å². The minimum absolute atomic E-state index is 0.114. The summed E-state index contributed by atoms with van der Waals surface area (Å²) in [6, 6.07) is 72.6. The van der Waals surface area contributed by atoms with E-state index in [0.29, 0.717) is 0 Å². The second-order valence-corrected chi connectivity index (χ2v) is 15.7. The molecule has 9 aromatic carbocycles. The highest BCUT2D eigenvalue weighted by Gasteiger charge is 2.38. The maximum atomic E-state index is 6.43. The van der Waals surface area contributed by atoms with E-state index >= 15 is 0 Å². The number of hydrogen-bond acceptors (Lipinski definition) is 2. The monoisotopic (exact) mass is 729 g/mol. The molecular weight excluding hydrogens is 691 g/mol. The molecule has 0 unspecified atom stereocenters. The van der Waals surface area contributed by atoms with E-state index in [0.717, 1.165) is 39.0 Å². The lowest BCUT2D eigenvalue weighted by molar-refractivity contribution is 0.660. The van der Waals surface area contributed by atoms with Crippen LogP contribution in [0.2, 0.25) is 0 Å². The van der Waals surface area contributed by atoms with Crippen LogP contribution in [0.5, 0.6) is 0 Å². The molecule has 270 valence electrons. The molecule has 0 aliphatic heterocycles. The number of anilines is 3. The van der Waals surface area contributed by atoms with Crippen LogP contribution in [-0.4, -0.2) is 0 Å². The molecule has 0 N–H and O–H groups in total. The summed E-state index contributed by atoms with van der Waals surface area (Å²) in [6.07, 6.45) is 0. The molecule has 0 bridgehead atoms. The lowest BCUT2D eigenvalue weighted by Crippen LogP contribution is -2.16. The second-order valence-electron chi connectivity index (χ2n) is 15.7. The van der Waals surface area contributed by atoms with Crippen molar-refractivity contribution >= 4 is 49.8 Å². The van der Waals surface area contributed by atoms with E-state index in [1.807, 2.05) is 6.07 Å². The molecule has 11 rings (SSSR count). The summed E-state index contributed by atoms with van der Waals surface area (Å²) in [5.41, 5.74) is 17.5. The Morgan fingerprint density at radius 1 is 0.404 bits per heavy atom. The number of furan rings is 1. The zero-order valence-electron chi connectivity index (χ0n) is 31.9. The minimum atomic E-state index is -0.114. The fourth-order valence-corrected chi connectivity index (χ4v) is 9.15. The van der Waals surface area contributed by atoms with Gasteiger partial charge in [-0.05, 0) is 103 Å². The Morgan fingerprint density at radius 2 is 0.930 bits per heavy atom. The Kier molecular flexibility index (Phi) is 7.55. The van der Waals surface area contributed by atoms with Crippen LogP contribution >= 0.6 is 0 Å². The van der Waals surface area contributed by atoms with Crippen LogP contribution in [0, 0.1) is 0 Å². The predicted octanol–water partition coefficient (Wildman–Crippen LogP) is 15.5. The molecule has 1 aliphatic rings. The van der Waals surface area contributed by atoms with Crippen molar-refractivity contribution in [2.45, 2.75) is 19.3 Å². The van der Waals surface area contributed by atoms with Crippen LogP contribution < -0.4 is 4.90 Å². The van der Waals surface area contributed by atoms with Crippen molar-refractivity contribution in [1.29, 1.82) is 0 Å². The molecule has 0 spiro atoms. The van der Waals surface area contributed by atoms with Gasteiger partial charge in [-0.2, -0.15) is 0 Å². The Labute approximate surface area is 332 Å². The maximum Gasteiger partial charge on any atom is 0.137 e. The van der Waals surface area contributed by atoms with Gasteiger partial charge in [-0.1, -0.05) is 172 Å². The van der Waals surface area contributed by atoms with Crippen LogP contribution in [-0.2, 0) is 5.41 Å². The molecule has 57 heavy (non-hydrogen) atoms. The smallest absolute Gasteiger partial charge is 0.137 e. The van der Waals surface area contributed by atoms with Gasteiger partial charge in [0.2, 0.25) is 0 Å². The van der Waals surface area contributed by atoms with Gasteiger partial charge in [0.1, 0.15) is 11.2 Å². The van der Waals surface area contributed by atoms with Crippen molar-refractivity contribution in [1.82, 2.24) is 0 Å². The van der Waals surface area contributed by atoms with Gasteiger partial charge < -0.3 is 9.32 Å². The Morgan fingerprint density at radius 3 is 1.67 bits per heavy atom. The Hall–Kier alpha value is -7.16. The van der Waals surface area contributed by atoms with Crippen molar-refractivity contribution in [2.24, 2.45) is 0 Å². The van der Waals surface area contributed by atoms with Crippen LogP contribution in [0.4, 0.5) is 17.1 Å². The number of fused-ring (bicyclic) bond motifs is 7. The third-order valence-corrected chi connectivity index (χ3v) is 12.1. The maximum absolute atomic E-state index is 6.43. The van der Waals surface area contributed by atoms with Crippen LogP contribution in [0.25, 0.3) is 77.2 Å². The summed E-state index contributed by atoms with van der Waals surface area (Å²) in [7, 11) is 0. The highest BCUT2D eigenvalue weighted by atomic mass is 16.3. The van der Waals surface area contributed by atoms with E-state index in [1.165, 1.54) is 66.4 Å². The zero-order chi connectivity index (χ0) is 38.1. The first kappa shape index (κ1) is 33.2. The number of rotatable bonds is 6. The molecular formula is C55H39NO. The molecule has 0 atom stereocenters. The topological polar surface area (TPSA) is 16.4 Å². The van der Waals surface area contributed by atoms with Crippen LogP contribution in [0.3, 0.4) is 0 Å². The molecule has 2 nitrogen and oxygen atoms in total. The van der Waals surface area contributed by atoms with Crippen molar-refractivity contribution in [3.8, 4) is 44.5 Å². The van der Waals surface area contributed by atoms with Crippen LogP contribution in [0.1, 0.15) is 25.0 Å². The Bertz CT molecular complexity index is 3130. The lowest BCUT2D eigenvalue weighted by Gasteiger charge is -2.29. The fourth-order valence-electron chi connectivity index (χ4n) is 9.15. The first-order valence-corrected chi connectivity index (χ1v) is 19.8. The Balaban J connectivity index is 0.968. The van der Waals surface area contributed by atoms with Gasteiger partial charge in [0, 0.05) is 22.1 Å². The van der Waals surface area contributed by atoms with E-state index in [1.54, 1.807) is 0 Å². The SMILES string of the molecule is CC1(C)c2ccccc2-c2c(N(c3ccc(-c4ccc(-c5ccc(-c6ccc7ccccc7c6)cc5)cc4)cc3)c3cccc4oc5ccccc5c34)cccc21. The van der Waals surface area contributed by atoms with Gasteiger partial charge in [-0.15, -0.1) is 0 Å². The summed E-state index contributed by atoms with van der Waals surface area (Å²) in [6.45, 7) is 4.69. The van der Waals surface area contributed by atoms with E-state index in [9.17, 15) is 0 Å². The van der Waals surface area contributed by atoms with E-state index in [4.69, 9.17) is 4.42 Å².